The molecule has 0 aliphatic carbocycles. The van der Waals surface area contributed by atoms with E-state index in [1.165, 1.54) is 18.2 Å². The molecule has 2 rings (SSSR count). The molecule has 1 amide bonds. The molecule has 19 heavy (non-hydrogen) atoms. The summed E-state index contributed by atoms with van der Waals surface area (Å²) in [4.78, 5) is 14.9. The zero-order valence-corrected chi connectivity index (χ0v) is 13.2. The predicted octanol–water partition coefficient (Wildman–Crippen LogP) is 4.14. The molecule has 0 aliphatic heterocycles. The van der Waals surface area contributed by atoms with Gasteiger partial charge in [0, 0.05) is 21.8 Å². The highest BCUT2D eigenvalue weighted by molar-refractivity contribution is 9.10. The first-order valence-corrected chi connectivity index (χ1v) is 7.49. The highest BCUT2D eigenvalue weighted by Gasteiger charge is 2.16. The fraction of sp³-hybridized carbons (Fsp3) is 0.154. The van der Waals surface area contributed by atoms with Crippen LogP contribution in [0.25, 0.3) is 0 Å². The largest absolute Gasteiger partial charge is 0.508 e. The second kappa shape index (κ2) is 5.94. The van der Waals surface area contributed by atoms with Gasteiger partial charge >= 0.3 is 0 Å². The summed E-state index contributed by atoms with van der Waals surface area (Å²) in [5.41, 5.74) is 0.305. The molecule has 1 aromatic carbocycles. The van der Waals surface area contributed by atoms with E-state index in [9.17, 15) is 9.90 Å². The summed E-state index contributed by atoms with van der Waals surface area (Å²) in [6.07, 6.45) is 0. The van der Waals surface area contributed by atoms with Gasteiger partial charge in [-0.15, -0.1) is 11.3 Å². The Morgan fingerprint density at radius 3 is 2.84 bits per heavy atom. The Hall–Kier alpha value is -1.04. The number of carbonyl (C=O) groups excluding carboxylic acids is 1. The van der Waals surface area contributed by atoms with Gasteiger partial charge in [0.25, 0.3) is 5.91 Å². The van der Waals surface area contributed by atoms with Gasteiger partial charge in [-0.05, 0) is 40.2 Å². The third-order valence-corrected chi connectivity index (χ3v) is 4.55. The maximum Gasteiger partial charge on any atom is 0.255 e. The van der Waals surface area contributed by atoms with Gasteiger partial charge in [0.1, 0.15) is 5.75 Å². The Morgan fingerprint density at radius 1 is 1.47 bits per heavy atom. The van der Waals surface area contributed by atoms with Crippen molar-refractivity contribution in [1.82, 2.24) is 4.90 Å². The van der Waals surface area contributed by atoms with Crippen molar-refractivity contribution in [3.8, 4) is 5.75 Å². The number of phenolic OH excluding ortho intramolecular Hbond substituents is 1. The van der Waals surface area contributed by atoms with Gasteiger partial charge in [-0.2, -0.15) is 0 Å². The van der Waals surface area contributed by atoms with Gasteiger partial charge in [0.15, 0.2) is 0 Å². The number of halogens is 2. The van der Waals surface area contributed by atoms with Gasteiger partial charge in [-0.25, -0.2) is 0 Å². The summed E-state index contributed by atoms with van der Waals surface area (Å²) < 4.78 is 1.00. The molecule has 0 radical (unpaired) electrons. The van der Waals surface area contributed by atoms with Crippen molar-refractivity contribution >= 4 is 44.8 Å². The van der Waals surface area contributed by atoms with E-state index in [-0.39, 0.29) is 11.7 Å². The number of thiophene rings is 1. The van der Waals surface area contributed by atoms with Crippen LogP contribution < -0.4 is 0 Å². The highest BCUT2D eigenvalue weighted by atomic mass is 79.9. The molecule has 0 unspecified atom stereocenters. The first-order valence-electron chi connectivity index (χ1n) is 5.44. The van der Waals surface area contributed by atoms with Crippen LogP contribution in [0.1, 0.15) is 15.2 Å². The predicted molar refractivity (Wildman–Crippen MR) is 80.9 cm³/mol. The number of hydrogen-bond acceptors (Lipinski definition) is 3. The van der Waals surface area contributed by atoms with Crippen molar-refractivity contribution in [2.75, 3.05) is 7.05 Å². The molecule has 3 nitrogen and oxygen atoms in total. The number of phenols is 1. The first kappa shape index (κ1) is 14.4. The van der Waals surface area contributed by atoms with Crippen LogP contribution in [-0.2, 0) is 6.54 Å². The summed E-state index contributed by atoms with van der Waals surface area (Å²) in [5.74, 6) is -0.189. The Morgan fingerprint density at radius 2 is 2.21 bits per heavy atom. The van der Waals surface area contributed by atoms with E-state index in [2.05, 4.69) is 15.9 Å². The molecule has 1 heterocycles. The van der Waals surface area contributed by atoms with E-state index < -0.39 is 0 Å². The average Bonchev–Trinajstić information content (AvgIpc) is 2.77. The summed E-state index contributed by atoms with van der Waals surface area (Å²) in [6, 6.07) is 6.32. The number of benzene rings is 1. The Labute approximate surface area is 128 Å². The molecule has 0 aliphatic rings. The molecule has 100 valence electrons. The molecule has 6 heteroatoms. The molecule has 1 N–H and O–H groups in total. The van der Waals surface area contributed by atoms with Crippen molar-refractivity contribution in [2.45, 2.75) is 6.54 Å². The molecular weight excluding hydrogens is 350 g/mol. The van der Waals surface area contributed by atoms with E-state index in [1.54, 1.807) is 23.3 Å². The maximum atomic E-state index is 12.3. The van der Waals surface area contributed by atoms with Gasteiger partial charge in [-0.3, -0.25) is 4.79 Å². The topological polar surface area (TPSA) is 40.5 Å². The molecule has 0 saturated carbocycles. The van der Waals surface area contributed by atoms with Crippen LogP contribution in [0.5, 0.6) is 5.75 Å². The van der Waals surface area contributed by atoms with E-state index in [0.29, 0.717) is 17.1 Å². The van der Waals surface area contributed by atoms with Crippen molar-refractivity contribution in [3.63, 3.8) is 0 Å². The monoisotopic (exact) mass is 359 g/mol. The minimum Gasteiger partial charge on any atom is -0.508 e. The normalized spacial score (nSPS) is 10.5. The van der Waals surface area contributed by atoms with Gasteiger partial charge < -0.3 is 10.0 Å². The van der Waals surface area contributed by atoms with E-state index in [0.717, 1.165) is 9.35 Å². The molecule has 0 saturated heterocycles. The number of rotatable bonds is 3. The number of amides is 1. The molecule has 0 atom stereocenters. The number of hydrogen-bond donors (Lipinski definition) is 1. The van der Waals surface area contributed by atoms with Crippen molar-refractivity contribution in [2.24, 2.45) is 0 Å². The van der Waals surface area contributed by atoms with E-state index >= 15 is 0 Å². The zero-order valence-electron chi connectivity index (χ0n) is 10.1. The van der Waals surface area contributed by atoms with Crippen LogP contribution in [0.15, 0.2) is 34.1 Å². The van der Waals surface area contributed by atoms with Crippen LogP contribution in [0.4, 0.5) is 0 Å². The third-order valence-electron chi connectivity index (χ3n) is 2.54. The molecule has 2 aromatic rings. The van der Waals surface area contributed by atoms with Crippen LogP contribution in [0.3, 0.4) is 0 Å². The highest BCUT2D eigenvalue weighted by Crippen LogP contribution is 2.24. The molecule has 0 spiro atoms. The van der Waals surface area contributed by atoms with Crippen LogP contribution in [0, 0.1) is 0 Å². The summed E-state index contributed by atoms with van der Waals surface area (Å²) in [5, 5.41) is 11.7. The first-order chi connectivity index (χ1) is 8.97. The lowest BCUT2D eigenvalue weighted by Gasteiger charge is -2.17. The second-order valence-corrected chi connectivity index (χ2v) is 6.38. The van der Waals surface area contributed by atoms with Gasteiger partial charge in [0.05, 0.1) is 17.1 Å². The molecule has 0 fully saturated rings. The minimum absolute atomic E-state index is 0.0278. The summed E-state index contributed by atoms with van der Waals surface area (Å²) in [7, 11) is 1.70. The lowest BCUT2D eigenvalue weighted by Crippen LogP contribution is -2.26. The van der Waals surface area contributed by atoms with Gasteiger partial charge in [-0.1, -0.05) is 11.6 Å². The SMILES string of the molecule is CN(Cc1cc(Br)cs1)C(=O)c1cc(O)ccc1Cl. The Kier molecular flexibility index (Phi) is 4.50. The lowest BCUT2D eigenvalue weighted by molar-refractivity contribution is 0.0786. The summed E-state index contributed by atoms with van der Waals surface area (Å²) in [6.45, 7) is 0.501. The molecule has 1 aromatic heterocycles. The second-order valence-electron chi connectivity index (χ2n) is 4.06. The van der Waals surface area contributed by atoms with Crippen molar-refractivity contribution in [3.05, 3.63) is 49.6 Å². The minimum atomic E-state index is -0.217. The lowest BCUT2D eigenvalue weighted by atomic mass is 10.2. The maximum absolute atomic E-state index is 12.3. The van der Waals surface area contributed by atoms with Crippen LogP contribution in [0.2, 0.25) is 5.02 Å². The fourth-order valence-electron chi connectivity index (χ4n) is 1.63. The fourth-order valence-corrected chi connectivity index (χ4v) is 3.33. The van der Waals surface area contributed by atoms with Crippen molar-refractivity contribution in [1.29, 1.82) is 0 Å². The molecule has 0 bridgehead atoms. The van der Waals surface area contributed by atoms with Crippen LogP contribution in [-0.4, -0.2) is 23.0 Å². The number of nitrogens with zero attached hydrogens (tertiary/aromatic N) is 1. The number of carbonyl (C=O) groups is 1. The summed E-state index contributed by atoms with van der Waals surface area (Å²) >= 11 is 10.9. The quantitative estimate of drug-likeness (QED) is 0.893. The zero-order chi connectivity index (χ0) is 14.0. The van der Waals surface area contributed by atoms with E-state index in [1.807, 2.05) is 11.4 Å². The van der Waals surface area contributed by atoms with Crippen LogP contribution >= 0.6 is 38.9 Å². The third kappa shape index (κ3) is 3.49. The standard InChI is InChI=1S/C13H11BrClNO2S/c1-16(6-10-4-8(14)7-19-10)13(18)11-5-9(17)2-3-12(11)15/h2-5,7,17H,6H2,1H3. The number of aromatic hydroxyl groups is 1. The molecular formula is C13H11BrClNO2S. The van der Waals surface area contributed by atoms with Crippen molar-refractivity contribution < 1.29 is 9.90 Å². The average molecular weight is 361 g/mol. The smallest absolute Gasteiger partial charge is 0.255 e. The Balaban J connectivity index is 2.16. The Bertz CT molecular complexity index is 614. The van der Waals surface area contributed by atoms with Gasteiger partial charge in [0.2, 0.25) is 0 Å². The van der Waals surface area contributed by atoms with E-state index in [4.69, 9.17) is 11.6 Å².